The van der Waals surface area contributed by atoms with Crippen molar-refractivity contribution in [2.45, 2.75) is 65.0 Å². The van der Waals surface area contributed by atoms with E-state index in [1.54, 1.807) is 4.90 Å². The van der Waals surface area contributed by atoms with E-state index >= 15 is 0 Å². The van der Waals surface area contributed by atoms with Gasteiger partial charge in [0.2, 0.25) is 0 Å². The van der Waals surface area contributed by atoms with Gasteiger partial charge >= 0.3 is 6.03 Å². The summed E-state index contributed by atoms with van der Waals surface area (Å²) in [6.45, 7) is 5.92. The minimum Gasteiger partial charge on any atom is -0.335 e. The average Bonchev–Trinajstić information content (AvgIpc) is 2.71. The van der Waals surface area contributed by atoms with Crippen LogP contribution in [0.4, 0.5) is 4.79 Å². The molecule has 2 aromatic rings. The van der Waals surface area contributed by atoms with Gasteiger partial charge in [-0.25, -0.2) is 4.79 Å². The standard InChI is InChI=1S/C24H36N4O2/c1-17-11-12-19-15-20(23(29)26-22(19)18(17)2)16-28(14-8-13-27(3)4)24(30)25-21-9-6-5-7-10-21/h11-12,15,21H,5-10,13-14,16H2,1-4H3,(H,25,30)(H,26,29). The van der Waals surface area contributed by atoms with Crippen molar-refractivity contribution in [3.05, 3.63) is 45.2 Å². The zero-order valence-electron chi connectivity index (χ0n) is 18.9. The molecule has 1 heterocycles. The van der Waals surface area contributed by atoms with Crippen LogP contribution in [0.25, 0.3) is 10.9 Å². The molecule has 0 unspecified atom stereocenters. The molecule has 6 heteroatoms. The predicted molar refractivity (Wildman–Crippen MR) is 123 cm³/mol. The van der Waals surface area contributed by atoms with Gasteiger partial charge in [0.05, 0.1) is 12.1 Å². The monoisotopic (exact) mass is 412 g/mol. The summed E-state index contributed by atoms with van der Waals surface area (Å²) in [7, 11) is 4.07. The van der Waals surface area contributed by atoms with E-state index in [2.05, 4.69) is 21.3 Å². The molecule has 0 bridgehead atoms. The highest BCUT2D eigenvalue weighted by atomic mass is 16.2. The zero-order valence-corrected chi connectivity index (χ0v) is 18.9. The normalized spacial score (nSPS) is 15.0. The van der Waals surface area contributed by atoms with Crippen molar-refractivity contribution in [2.75, 3.05) is 27.2 Å². The molecule has 1 aromatic heterocycles. The molecule has 0 radical (unpaired) electrons. The Kier molecular flexibility index (Phi) is 7.53. The topological polar surface area (TPSA) is 68.4 Å². The van der Waals surface area contributed by atoms with E-state index in [4.69, 9.17) is 0 Å². The molecular weight excluding hydrogens is 376 g/mol. The van der Waals surface area contributed by atoms with Crippen molar-refractivity contribution >= 4 is 16.9 Å². The van der Waals surface area contributed by atoms with Crippen LogP contribution in [0.5, 0.6) is 0 Å². The number of H-pyrrole nitrogens is 1. The molecule has 0 spiro atoms. The smallest absolute Gasteiger partial charge is 0.317 e. The van der Waals surface area contributed by atoms with Gasteiger partial charge in [0.25, 0.3) is 5.56 Å². The molecule has 2 amide bonds. The van der Waals surface area contributed by atoms with E-state index < -0.39 is 0 Å². The third kappa shape index (κ3) is 5.63. The van der Waals surface area contributed by atoms with Gasteiger partial charge in [-0.05, 0) is 76.3 Å². The number of rotatable bonds is 7. The Morgan fingerprint density at radius 2 is 1.87 bits per heavy atom. The molecule has 30 heavy (non-hydrogen) atoms. The molecule has 164 valence electrons. The summed E-state index contributed by atoms with van der Waals surface area (Å²) >= 11 is 0. The van der Waals surface area contributed by atoms with Crippen LogP contribution >= 0.6 is 0 Å². The lowest BCUT2D eigenvalue weighted by atomic mass is 9.96. The fourth-order valence-electron chi connectivity index (χ4n) is 4.24. The number of carbonyl (C=O) groups is 1. The van der Waals surface area contributed by atoms with Crippen LogP contribution in [0.1, 0.15) is 55.2 Å². The summed E-state index contributed by atoms with van der Waals surface area (Å²) in [4.78, 5) is 32.8. The summed E-state index contributed by atoms with van der Waals surface area (Å²) in [6, 6.07) is 6.25. The van der Waals surface area contributed by atoms with E-state index in [1.807, 2.05) is 40.1 Å². The Morgan fingerprint density at radius 1 is 1.13 bits per heavy atom. The first-order valence-corrected chi connectivity index (χ1v) is 11.2. The maximum atomic E-state index is 13.1. The molecule has 1 aliphatic rings. The minimum absolute atomic E-state index is 0.0553. The number of hydrogen-bond acceptors (Lipinski definition) is 3. The number of aromatic amines is 1. The van der Waals surface area contributed by atoms with Crippen LogP contribution in [-0.4, -0.2) is 54.0 Å². The Balaban J connectivity index is 1.80. The molecule has 6 nitrogen and oxygen atoms in total. The molecule has 0 saturated heterocycles. The molecule has 0 atom stereocenters. The maximum Gasteiger partial charge on any atom is 0.317 e. The van der Waals surface area contributed by atoms with Crippen LogP contribution in [0.3, 0.4) is 0 Å². The van der Waals surface area contributed by atoms with Crippen molar-refractivity contribution in [1.82, 2.24) is 20.1 Å². The largest absolute Gasteiger partial charge is 0.335 e. The van der Waals surface area contributed by atoms with Crippen molar-refractivity contribution < 1.29 is 4.79 Å². The first-order chi connectivity index (χ1) is 14.3. The number of carbonyl (C=O) groups excluding carboxylic acids is 1. The quantitative estimate of drug-likeness (QED) is 0.724. The number of hydrogen-bond donors (Lipinski definition) is 2. The number of benzene rings is 1. The van der Waals surface area contributed by atoms with Gasteiger partial charge in [0, 0.05) is 18.2 Å². The lowest BCUT2D eigenvalue weighted by Gasteiger charge is -2.29. The third-order valence-electron chi connectivity index (χ3n) is 6.24. The molecule has 0 aliphatic heterocycles. The number of aromatic nitrogens is 1. The predicted octanol–water partition coefficient (Wildman–Crippen LogP) is 3.94. The Labute approximate surface area is 179 Å². The number of nitrogens with zero attached hydrogens (tertiary/aromatic N) is 2. The van der Waals surface area contributed by atoms with E-state index in [1.165, 1.54) is 19.3 Å². The van der Waals surface area contributed by atoms with Gasteiger partial charge in [0.15, 0.2) is 0 Å². The number of fused-ring (bicyclic) bond motifs is 1. The number of amides is 2. The molecule has 1 fully saturated rings. The second-order valence-electron chi connectivity index (χ2n) is 8.96. The van der Waals surface area contributed by atoms with E-state index in [0.29, 0.717) is 18.7 Å². The second kappa shape index (κ2) is 10.1. The Morgan fingerprint density at radius 3 is 2.57 bits per heavy atom. The zero-order chi connectivity index (χ0) is 21.7. The van der Waals surface area contributed by atoms with E-state index in [0.717, 1.165) is 47.8 Å². The number of nitrogens with one attached hydrogen (secondary N) is 2. The van der Waals surface area contributed by atoms with Crippen LogP contribution < -0.4 is 10.9 Å². The van der Waals surface area contributed by atoms with Gasteiger partial charge < -0.3 is 20.1 Å². The van der Waals surface area contributed by atoms with Crippen LogP contribution in [0, 0.1) is 13.8 Å². The number of urea groups is 1. The third-order valence-corrected chi connectivity index (χ3v) is 6.24. The van der Waals surface area contributed by atoms with Gasteiger partial charge in [-0.3, -0.25) is 4.79 Å². The average molecular weight is 413 g/mol. The first kappa shape index (κ1) is 22.3. The lowest BCUT2D eigenvalue weighted by molar-refractivity contribution is 0.184. The molecule has 3 rings (SSSR count). The number of aryl methyl sites for hydroxylation is 2. The Hall–Kier alpha value is -2.34. The fraction of sp³-hybridized carbons (Fsp3) is 0.583. The molecule has 1 aromatic carbocycles. The van der Waals surface area contributed by atoms with Gasteiger partial charge in [0.1, 0.15) is 0 Å². The molecular formula is C24H36N4O2. The minimum atomic E-state index is -0.112. The summed E-state index contributed by atoms with van der Waals surface area (Å²) in [5.74, 6) is 0. The highest BCUT2D eigenvalue weighted by molar-refractivity contribution is 5.83. The van der Waals surface area contributed by atoms with Crippen LogP contribution in [0.15, 0.2) is 23.0 Å². The highest BCUT2D eigenvalue weighted by Gasteiger charge is 2.21. The summed E-state index contributed by atoms with van der Waals surface area (Å²) < 4.78 is 0. The summed E-state index contributed by atoms with van der Waals surface area (Å²) in [5.41, 5.74) is 3.65. The van der Waals surface area contributed by atoms with Gasteiger partial charge in [-0.15, -0.1) is 0 Å². The van der Waals surface area contributed by atoms with Crippen LogP contribution in [-0.2, 0) is 6.54 Å². The van der Waals surface area contributed by atoms with Gasteiger partial charge in [-0.1, -0.05) is 31.4 Å². The molecule has 2 N–H and O–H groups in total. The molecule has 1 aliphatic carbocycles. The van der Waals surface area contributed by atoms with Crippen LogP contribution in [0.2, 0.25) is 0 Å². The van der Waals surface area contributed by atoms with Crippen molar-refractivity contribution in [3.8, 4) is 0 Å². The number of pyridine rings is 1. The highest BCUT2D eigenvalue weighted by Crippen LogP contribution is 2.20. The first-order valence-electron chi connectivity index (χ1n) is 11.2. The van der Waals surface area contributed by atoms with Gasteiger partial charge in [-0.2, -0.15) is 0 Å². The van der Waals surface area contributed by atoms with Crippen molar-refractivity contribution in [2.24, 2.45) is 0 Å². The van der Waals surface area contributed by atoms with E-state index in [-0.39, 0.29) is 17.6 Å². The van der Waals surface area contributed by atoms with E-state index in [9.17, 15) is 9.59 Å². The SMILES string of the molecule is Cc1ccc2cc(CN(CCCN(C)C)C(=O)NC3CCCCC3)c(=O)[nH]c2c1C. The summed E-state index contributed by atoms with van der Waals surface area (Å²) in [6.07, 6.45) is 6.57. The second-order valence-corrected chi connectivity index (χ2v) is 8.96. The van der Waals surface area contributed by atoms with Crippen molar-refractivity contribution in [3.63, 3.8) is 0 Å². The summed E-state index contributed by atoms with van der Waals surface area (Å²) in [5, 5.41) is 4.22. The Bertz CT molecular complexity index is 929. The lowest BCUT2D eigenvalue weighted by Crippen LogP contribution is -2.46. The van der Waals surface area contributed by atoms with Crippen molar-refractivity contribution in [1.29, 1.82) is 0 Å². The molecule has 1 saturated carbocycles. The fourth-order valence-corrected chi connectivity index (χ4v) is 4.24. The maximum absolute atomic E-state index is 13.1.